The molecule has 0 radical (unpaired) electrons. The number of aliphatic hydroxyl groups excluding tert-OH is 2. The number of ketones is 1. The number of carbonyl (C=O) groups excluding carboxylic acids is 1. The van der Waals surface area contributed by atoms with E-state index in [0.29, 0.717) is 43.8 Å². The van der Waals surface area contributed by atoms with Crippen LogP contribution in [-0.2, 0) is 9.59 Å². The second kappa shape index (κ2) is 7.33. The third-order valence-corrected chi connectivity index (χ3v) is 10.2. The third kappa shape index (κ3) is 3.18. The molecule has 3 N–H and O–H groups in total. The first-order chi connectivity index (χ1) is 13.6. The Morgan fingerprint density at radius 3 is 2.59 bits per heavy atom. The molecule has 4 aliphatic rings. The van der Waals surface area contributed by atoms with Crippen molar-refractivity contribution < 1.29 is 24.9 Å². The molecule has 0 saturated heterocycles. The Kier molecular flexibility index (Phi) is 5.39. The molecule has 4 fully saturated rings. The monoisotopic (exact) mass is 406 g/mol. The van der Waals surface area contributed by atoms with E-state index < -0.39 is 18.2 Å². The van der Waals surface area contributed by atoms with E-state index in [-0.39, 0.29) is 46.8 Å². The number of aliphatic hydroxyl groups is 2. The van der Waals surface area contributed by atoms with Crippen LogP contribution in [0.3, 0.4) is 0 Å². The van der Waals surface area contributed by atoms with Crippen molar-refractivity contribution >= 4 is 11.8 Å². The van der Waals surface area contributed by atoms with Crippen LogP contribution < -0.4 is 0 Å². The van der Waals surface area contributed by atoms with Gasteiger partial charge in [-0.25, -0.2) is 0 Å². The van der Waals surface area contributed by atoms with Gasteiger partial charge in [0.25, 0.3) is 0 Å². The number of hydrogen-bond acceptors (Lipinski definition) is 4. The molecule has 4 saturated carbocycles. The topological polar surface area (TPSA) is 94.8 Å². The van der Waals surface area contributed by atoms with E-state index in [1.54, 1.807) is 0 Å². The standard InChI is InChI=1S/C24H38O5/c1-13(4-7-21(28)29)16-5-6-17-22-18(12-20(27)24(16,17)3)23(2)9-8-15(25)10-14(23)11-19(22)26/h13-14,16-20,22,26-27H,4-12H2,1-3H3,(H,28,29)/t13-,14+,16-,17+,18-,19-,20+,22+,23+,24-/m1/s1. The van der Waals surface area contributed by atoms with Gasteiger partial charge in [0.15, 0.2) is 0 Å². The van der Waals surface area contributed by atoms with Crippen molar-refractivity contribution in [1.82, 2.24) is 0 Å². The second-order valence-corrected chi connectivity index (χ2v) is 11.2. The van der Waals surface area contributed by atoms with E-state index >= 15 is 0 Å². The molecular weight excluding hydrogens is 368 g/mol. The molecule has 4 rings (SSSR count). The summed E-state index contributed by atoms with van der Waals surface area (Å²) in [6.07, 6.45) is 5.56. The fourth-order valence-corrected chi connectivity index (χ4v) is 8.50. The summed E-state index contributed by atoms with van der Waals surface area (Å²) in [4.78, 5) is 23.1. The predicted molar refractivity (Wildman–Crippen MR) is 109 cm³/mol. The smallest absolute Gasteiger partial charge is 0.303 e. The van der Waals surface area contributed by atoms with E-state index in [9.17, 15) is 19.8 Å². The Balaban J connectivity index is 1.61. The number of carbonyl (C=O) groups is 2. The molecule has 0 aromatic rings. The minimum atomic E-state index is -0.755. The molecule has 10 atom stereocenters. The molecule has 0 unspecified atom stereocenters. The molecule has 0 aromatic heterocycles. The summed E-state index contributed by atoms with van der Waals surface area (Å²) in [5.74, 6) is 1.10. The molecule has 0 aliphatic heterocycles. The number of fused-ring (bicyclic) bond motifs is 5. The maximum Gasteiger partial charge on any atom is 0.303 e. The molecule has 0 amide bonds. The summed E-state index contributed by atoms with van der Waals surface area (Å²) >= 11 is 0. The van der Waals surface area contributed by atoms with Crippen LogP contribution in [-0.4, -0.2) is 39.3 Å². The molecule has 29 heavy (non-hydrogen) atoms. The van der Waals surface area contributed by atoms with Gasteiger partial charge in [0.05, 0.1) is 12.2 Å². The SMILES string of the molecule is C[C@H](CCC(=O)O)[C@H]1CC[C@H]2[C@@H]3[C@H](O)C[C@@H]4CC(=O)CC[C@]4(C)[C@@H]3C[C@H](O)[C@]12C. The molecular formula is C24H38O5. The molecule has 4 aliphatic carbocycles. The van der Waals surface area contributed by atoms with Crippen molar-refractivity contribution in [2.75, 3.05) is 0 Å². The fourth-order valence-electron chi connectivity index (χ4n) is 8.50. The van der Waals surface area contributed by atoms with Gasteiger partial charge < -0.3 is 15.3 Å². The number of aliphatic carboxylic acids is 1. The summed E-state index contributed by atoms with van der Waals surface area (Å²) in [7, 11) is 0. The van der Waals surface area contributed by atoms with Gasteiger partial charge in [0.2, 0.25) is 0 Å². The van der Waals surface area contributed by atoms with Crippen molar-refractivity contribution in [1.29, 1.82) is 0 Å². The first-order valence-corrected chi connectivity index (χ1v) is 11.7. The maximum absolute atomic E-state index is 12.1. The lowest BCUT2D eigenvalue weighted by Gasteiger charge is -2.63. The van der Waals surface area contributed by atoms with Gasteiger partial charge in [-0.2, -0.15) is 0 Å². The highest BCUT2D eigenvalue weighted by Crippen LogP contribution is 2.68. The highest BCUT2D eigenvalue weighted by molar-refractivity contribution is 5.79. The van der Waals surface area contributed by atoms with Gasteiger partial charge in [-0.3, -0.25) is 9.59 Å². The van der Waals surface area contributed by atoms with Crippen LogP contribution in [0.2, 0.25) is 0 Å². The average molecular weight is 407 g/mol. The van der Waals surface area contributed by atoms with E-state index in [0.717, 1.165) is 19.3 Å². The van der Waals surface area contributed by atoms with E-state index in [1.165, 1.54) is 0 Å². The fraction of sp³-hybridized carbons (Fsp3) is 0.917. The van der Waals surface area contributed by atoms with Crippen LogP contribution in [0.4, 0.5) is 0 Å². The van der Waals surface area contributed by atoms with E-state index in [2.05, 4.69) is 20.8 Å². The second-order valence-electron chi connectivity index (χ2n) is 11.2. The minimum absolute atomic E-state index is 0.0348. The molecule has 5 heteroatoms. The number of carboxylic acid groups (broad SMARTS) is 1. The minimum Gasteiger partial charge on any atom is -0.481 e. The Bertz CT molecular complexity index is 676. The first-order valence-electron chi connectivity index (χ1n) is 11.7. The molecule has 0 aromatic carbocycles. The van der Waals surface area contributed by atoms with Crippen molar-refractivity contribution in [2.24, 2.45) is 46.3 Å². The number of Topliss-reactive ketones (excluding diaryl/α,β-unsaturated/α-hetero) is 1. The van der Waals surface area contributed by atoms with Crippen LogP contribution in [0.5, 0.6) is 0 Å². The first kappa shape index (κ1) is 21.3. The van der Waals surface area contributed by atoms with Gasteiger partial charge >= 0.3 is 5.97 Å². The quantitative estimate of drug-likeness (QED) is 0.662. The molecule has 0 bridgehead atoms. The van der Waals surface area contributed by atoms with Crippen LogP contribution in [0.25, 0.3) is 0 Å². The highest BCUT2D eigenvalue weighted by atomic mass is 16.4. The summed E-state index contributed by atoms with van der Waals surface area (Å²) in [6.45, 7) is 6.66. The molecule has 164 valence electrons. The van der Waals surface area contributed by atoms with Gasteiger partial charge in [-0.05, 0) is 84.9 Å². The average Bonchev–Trinajstić information content (AvgIpc) is 3.01. The number of carboxylic acids is 1. The van der Waals surface area contributed by atoms with Gasteiger partial charge in [0, 0.05) is 19.3 Å². The lowest BCUT2D eigenvalue weighted by atomic mass is 9.43. The van der Waals surface area contributed by atoms with Gasteiger partial charge in [-0.15, -0.1) is 0 Å². The molecule has 5 nitrogen and oxygen atoms in total. The zero-order chi connectivity index (χ0) is 21.1. The number of rotatable bonds is 4. The van der Waals surface area contributed by atoms with Crippen molar-refractivity contribution in [3.63, 3.8) is 0 Å². The van der Waals surface area contributed by atoms with E-state index in [1.807, 2.05) is 0 Å². The van der Waals surface area contributed by atoms with E-state index in [4.69, 9.17) is 5.11 Å². The largest absolute Gasteiger partial charge is 0.481 e. The zero-order valence-electron chi connectivity index (χ0n) is 18.1. The van der Waals surface area contributed by atoms with Crippen molar-refractivity contribution in [3.05, 3.63) is 0 Å². The van der Waals surface area contributed by atoms with Crippen LogP contribution in [0, 0.1) is 46.3 Å². The van der Waals surface area contributed by atoms with Crippen LogP contribution in [0.1, 0.15) is 78.6 Å². The summed E-state index contributed by atoms with van der Waals surface area (Å²) < 4.78 is 0. The zero-order valence-corrected chi connectivity index (χ0v) is 18.1. The normalized spacial score (nSPS) is 50.4. The summed E-state index contributed by atoms with van der Waals surface area (Å²) in [5, 5.41) is 31.8. The van der Waals surface area contributed by atoms with Crippen LogP contribution in [0.15, 0.2) is 0 Å². The van der Waals surface area contributed by atoms with Crippen LogP contribution >= 0.6 is 0 Å². The lowest BCUT2D eigenvalue weighted by molar-refractivity contribution is -0.201. The Morgan fingerprint density at radius 1 is 1.17 bits per heavy atom. The Labute approximate surface area is 174 Å². The highest BCUT2D eigenvalue weighted by Gasteiger charge is 2.65. The lowest BCUT2D eigenvalue weighted by Crippen LogP contribution is -2.62. The van der Waals surface area contributed by atoms with Crippen molar-refractivity contribution in [3.8, 4) is 0 Å². The third-order valence-electron chi connectivity index (χ3n) is 10.2. The Hall–Kier alpha value is -0.940. The van der Waals surface area contributed by atoms with Gasteiger partial charge in [0.1, 0.15) is 5.78 Å². The van der Waals surface area contributed by atoms with Gasteiger partial charge in [-0.1, -0.05) is 20.8 Å². The summed E-state index contributed by atoms with van der Waals surface area (Å²) in [6, 6.07) is 0. The summed E-state index contributed by atoms with van der Waals surface area (Å²) in [5.41, 5.74) is -0.221. The van der Waals surface area contributed by atoms with Crippen molar-refractivity contribution in [2.45, 2.75) is 90.8 Å². The predicted octanol–water partition coefficient (Wildman–Crippen LogP) is 3.66. The number of hydrogen-bond donors (Lipinski definition) is 3. The molecule has 0 spiro atoms. The maximum atomic E-state index is 12.1. The Morgan fingerprint density at radius 2 is 1.90 bits per heavy atom. The molecule has 0 heterocycles.